The molecule has 2 aromatic carbocycles. The smallest absolute Gasteiger partial charge is 0.181 e. The lowest BCUT2D eigenvalue weighted by Crippen LogP contribution is -1.89. The van der Waals surface area contributed by atoms with Crippen LogP contribution in [0, 0.1) is 5.41 Å². The number of fused-ring (bicyclic) bond motifs is 1. The Morgan fingerprint density at radius 1 is 1.18 bits per heavy atom. The van der Waals surface area contributed by atoms with Crippen molar-refractivity contribution in [1.82, 2.24) is 4.98 Å². The predicted octanol–water partition coefficient (Wildman–Crippen LogP) is 4.39. The summed E-state index contributed by atoms with van der Waals surface area (Å²) < 4.78 is 6.47. The Hall–Kier alpha value is -2.79. The number of hydrogen-bond acceptors (Lipinski definition) is 5. The number of thiazole rings is 1. The van der Waals surface area contributed by atoms with E-state index in [2.05, 4.69) is 9.98 Å². The maximum atomic E-state index is 7.55. The number of nitrogens with one attached hydrogen (secondary N) is 1. The van der Waals surface area contributed by atoms with Crippen LogP contribution in [0.2, 0.25) is 0 Å². The highest BCUT2D eigenvalue weighted by molar-refractivity contribution is 7.16. The molecule has 0 spiro atoms. The number of ether oxygens (including phenoxy) is 1. The van der Waals surface area contributed by atoms with Gasteiger partial charge in [-0.25, -0.2) is 9.98 Å². The van der Waals surface area contributed by atoms with Crippen molar-refractivity contribution in [2.45, 2.75) is 0 Å². The van der Waals surface area contributed by atoms with E-state index in [4.69, 9.17) is 10.1 Å². The fourth-order valence-electron chi connectivity index (χ4n) is 1.93. The molecule has 0 fully saturated rings. The summed E-state index contributed by atoms with van der Waals surface area (Å²) in [5.74, 6) is 0.724. The molecule has 0 radical (unpaired) electrons. The van der Waals surface area contributed by atoms with E-state index in [1.165, 1.54) is 12.6 Å². The van der Waals surface area contributed by atoms with Crippen molar-refractivity contribution in [3.05, 3.63) is 65.8 Å². The van der Waals surface area contributed by atoms with Crippen LogP contribution in [-0.2, 0) is 0 Å². The molecule has 1 aromatic heterocycles. The van der Waals surface area contributed by atoms with E-state index in [9.17, 15) is 0 Å². The van der Waals surface area contributed by atoms with Crippen LogP contribution in [0.1, 0.15) is 5.56 Å². The molecule has 22 heavy (non-hydrogen) atoms. The molecule has 0 aliphatic rings. The maximum Gasteiger partial charge on any atom is 0.181 e. The average Bonchev–Trinajstić information content (AvgIpc) is 3.03. The Morgan fingerprint density at radius 2 is 2.05 bits per heavy atom. The van der Waals surface area contributed by atoms with E-state index < -0.39 is 0 Å². The fourth-order valence-corrected chi connectivity index (χ4v) is 2.65. The number of rotatable bonds is 5. The van der Waals surface area contributed by atoms with Gasteiger partial charge in [-0.1, -0.05) is 24.3 Å². The topological polar surface area (TPSA) is 58.3 Å². The van der Waals surface area contributed by atoms with Gasteiger partial charge in [-0.15, -0.1) is 11.3 Å². The molecule has 108 valence electrons. The average molecular weight is 307 g/mol. The Kier molecular flexibility index (Phi) is 4.36. The standard InChI is InChI=1S/C17H13N3OS/c18-9-14(10-19-11-21-15-4-2-1-3-5-15)13-6-7-16-17(8-13)22-12-20-16/h1-12,18H/b14-10+,18-9?,19-11?. The zero-order chi connectivity index (χ0) is 15.2. The minimum atomic E-state index is 0.711. The van der Waals surface area contributed by atoms with Gasteiger partial charge in [0, 0.05) is 18.0 Å². The number of allylic oxidation sites excluding steroid dienone is 1. The molecule has 0 saturated carbocycles. The van der Waals surface area contributed by atoms with Crippen molar-refractivity contribution in [3.63, 3.8) is 0 Å². The highest BCUT2D eigenvalue weighted by Crippen LogP contribution is 2.22. The van der Waals surface area contributed by atoms with Crippen LogP contribution >= 0.6 is 11.3 Å². The lowest BCUT2D eigenvalue weighted by Gasteiger charge is -2.00. The Labute approximate surface area is 131 Å². The summed E-state index contributed by atoms with van der Waals surface area (Å²) in [4.78, 5) is 8.36. The lowest BCUT2D eigenvalue weighted by atomic mass is 10.1. The molecule has 0 aliphatic carbocycles. The van der Waals surface area contributed by atoms with Crippen LogP contribution in [0.25, 0.3) is 15.8 Å². The molecular weight excluding hydrogens is 294 g/mol. The molecule has 0 bridgehead atoms. The van der Waals surface area contributed by atoms with Gasteiger partial charge in [0.15, 0.2) is 6.40 Å². The number of para-hydroxylation sites is 1. The van der Waals surface area contributed by atoms with Crippen molar-refractivity contribution in [2.75, 3.05) is 0 Å². The second-order valence-electron chi connectivity index (χ2n) is 4.45. The first kappa shape index (κ1) is 14.2. The summed E-state index contributed by atoms with van der Waals surface area (Å²) >= 11 is 1.58. The van der Waals surface area contributed by atoms with Crippen molar-refractivity contribution < 1.29 is 4.74 Å². The van der Waals surface area contributed by atoms with Crippen LogP contribution in [0.5, 0.6) is 5.75 Å². The molecule has 0 atom stereocenters. The predicted molar refractivity (Wildman–Crippen MR) is 91.9 cm³/mol. The van der Waals surface area contributed by atoms with Gasteiger partial charge in [-0.2, -0.15) is 0 Å². The maximum absolute atomic E-state index is 7.55. The molecular formula is C17H13N3OS. The van der Waals surface area contributed by atoms with Gasteiger partial charge in [0.25, 0.3) is 0 Å². The molecule has 5 heteroatoms. The molecule has 4 nitrogen and oxygen atoms in total. The molecule has 1 heterocycles. The largest absolute Gasteiger partial charge is 0.446 e. The van der Waals surface area contributed by atoms with E-state index in [1.807, 2.05) is 54.0 Å². The first-order valence-corrected chi connectivity index (χ1v) is 7.52. The first-order valence-electron chi connectivity index (χ1n) is 6.64. The zero-order valence-corrected chi connectivity index (χ0v) is 12.5. The van der Waals surface area contributed by atoms with Crippen LogP contribution < -0.4 is 4.74 Å². The molecule has 3 aromatic rings. The van der Waals surface area contributed by atoms with E-state index in [-0.39, 0.29) is 0 Å². The van der Waals surface area contributed by atoms with Crippen molar-refractivity contribution in [2.24, 2.45) is 4.99 Å². The molecule has 0 amide bonds. The minimum absolute atomic E-state index is 0.711. The normalized spacial score (nSPS) is 11.9. The quantitative estimate of drug-likeness (QED) is 0.561. The van der Waals surface area contributed by atoms with Gasteiger partial charge in [-0.05, 0) is 29.8 Å². The van der Waals surface area contributed by atoms with E-state index in [0.29, 0.717) is 5.57 Å². The number of nitrogens with zero attached hydrogens (tertiary/aromatic N) is 2. The molecule has 0 aliphatic heterocycles. The number of aromatic nitrogens is 1. The van der Waals surface area contributed by atoms with Crippen LogP contribution in [0.15, 0.2) is 65.2 Å². The van der Waals surface area contributed by atoms with E-state index in [0.717, 1.165) is 21.5 Å². The van der Waals surface area contributed by atoms with Crippen LogP contribution in [-0.4, -0.2) is 17.6 Å². The van der Waals surface area contributed by atoms with Gasteiger partial charge in [0.05, 0.1) is 15.7 Å². The van der Waals surface area contributed by atoms with Gasteiger partial charge < -0.3 is 10.1 Å². The summed E-state index contributed by atoms with van der Waals surface area (Å²) in [6.07, 6.45) is 4.25. The summed E-state index contributed by atoms with van der Waals surface area (Å²) in [5.41, 5.74) is 4.43. The summed E-state index contributed by atoms with van der Waals surface area (Å²) in [5, 5.41) is 7.55. The third-order valence-corrected chi connectivity index (χ3v) is 3.82. The third-order valence-electron chi connectivity index (χ3n) is 3.03. The first-order chi connectivity index (χ1) is 10.9. The zero-order valence-electron chi connectivity index (χ0n) is 11.6. The number of benzene rings is 2. The number of aliphatic imine (C=N–C) groups is 1. The summed E-state index contributed by atoms with van der Waals surface area (Å²) in [6, 6.07) is 15.3. The summed E-state index contributed by atoms with van der Waals surface area (Å²) in [6.45, 7) is 0. The number of hydrogen-bond donors (Lipinski definition) is 1. The highest BCUT2D eigenvalue weighted by Gasteiger charge is 2.02. The molecule has 0 unspecified atom stereocenters. The van der Waals surface area contributed by atoms with E-state index >= 15 is 0 Å². The van der Waals surface area contributed by atoms with Gasteiger partial charge in [0.1, 0.15) is 5.75 Å². The monoisotopic (exact) mass is 307 g/mol. The third kappa shape index (κ3) is 3.27. The van der Waals surface area contributed by atoms with Gasteiger partial charge in [-0.3, -0.25) is 0 Å². The van der Waals surface area contributed by atoms with Crippen molar-refractivity contribution in [1.29, 1.82) is 5.41 Å². The van der Waals surface area contributed by atoms with Crippen molar-refractivity contribution >= 4 is 39.7 Å². The SMILES string of the molecule is N=C/C(=C\N=COc1ccccc1)c1ccc2ncsc2c1. The fraction of sp³-hybridized carbons (Fsp3) is 0. The Balaban J connectivity index is 1.76. The second kappa shape index (κ2) is 6.78. The Bertz CT molecular complexity index is 837. The van der Waals surface area contributed by atoms with Crippen LogP contribution in [0.3, 0.4) is 0 Å². The molecule has 1 N–H and O–H groups in total. The summed E-state index contributed by atoms with van der Waals surface area (Å²) in [7, 11) is 0. The van der Waals surface area contributed by atoms with Gasteiger partial charge >= 0.3 is 0 Å². The highest BCUT2D eigenvalue weighted by atomic mass is 32.1. The van der Waals surface area contributed by atoms with E-state index in [1.54, 1.807) is 17.5 Å². The minimum Gasteiger partial charge on any atom is -0.446 e. The lowest BCUT2D eigenvalue weighted by molar-refractivity contribution is 0.574. The van der Waals surface area contributed by atoms with Crippen molar-refractivity contribution in [3.8, 4) is 5.75 Å². The molecule has 3 rings (SSSR count). The second-order valence-corrected chi connectivity index (χ2v) is 5.34. The van der Waals surface area contributed by atoms with Gasteiger partial charge in [0.2, 0.25) is 0 Å². The van der Waals surface area contributed by atoms with Crippen LogP contribution in [0.4, 0.5) is 0 Å². The molecule has 0 saturated heterocycles. The Morgan fingerprint density at radius 3 is 2.86 bits per heavy atom.